The number of hydrogen-bond donors (Lipinski definition) is 3. The molecule has 3 aromatic rings. The number of aromatic nitrogens is 4. The monoisotopic (exact) mass is 475 g/mol. The van der Waals surface area contributed by atoms with Crippen LogP contribution in [0.15, 0.2) is 35.7 Å². The first-order chi connectivity index (χ1) is 15.8. The van der Waals surface area contributed by atoms with Crippen LogP contribution in [0.4, 0.5) is 5.69 Å². The minimum atomic E-state index is -3.82. The molecule has 1 aromatic carbocycles. The van der Waals surface area contributed by atoms with Crippen molar-refractivity contribution in [1.82, 2.24) is 29.5 Å². The van der Waals surface area contributed by atoms with Gasteiger partial charge in [-0.15, -0.1) is 0 Å². The number of amides is 1. The molecule has 0 radical (unpaired) electrons. The largest absolute Gasteiger partial charge is 0.483 e. The quantitative estimate of drug-likeness (QED) is 0.467. The van der Waals surface area contributed by atoms with E-state index in [9.17, 15) is 13.2 Å². The molecule has 3 N–H and O–H groups in total. The van der Waals surface area contributed by atoms with E-state index in [2.05, 4.69) is 24.8 Å². The average molecular weight is 476 g/mol. The van der Waals surface area contributed by atoms with Gasteiger partial charge in [0.05, 0.1) is 11.8 Å². The molecule has 33 heavy (non-hydrogen) atoms. The van der Waals surface area contributed by atoms with E-state index >= 15 is 0 Å². The zero-order valence-corrected chi connectivity index (χ0v) is 18.8. The molecule has 5 heterocycles. The van der Waals surface area contributed by atoms with Crippen LogP contribution >= 0.6 is 0 Å². The van der Waals surface area contributed by atoms with Crippen LogP contribution in [-0.4, -0.2) is 87.7 Å². The molecule has 3 saturated heterocycles. The number of fused-ring (bicyclic) bond motifs is 5. The highest BCUT2D eigenvalue weighted by atomic mass is 32.2. The van der Waals surface area contributed by atoms with Crippen LogP contribution in [0.5, 0.6) is 0 Å². The maximum atomic E-state index is 13.3. The van der Waals surface area contributed by atoms with Crippen molar-refractivity contribution in [3.63, 3.8) is 0 Å². The predicted molar refractivity (Wildman–Crippen MR) is 119 cm³/mol. The molecule has 2 aromatic heterocycles. The Labute approximate surface area is 190 Å². The van der Waals surface area contributed by atoms with Crippen LogP contribution in [-0.2, 0) is 21.9 Å². The molecule has 1 amide bonds. The summed E-state index contributed by atoms with van der Waals surface area (Å²) < 4.78 is 29.3. The third-order valence-corrected chi connectivity index (χ3v) is 7.16. The molecule has 176 valence electrons. The maximum absolute atomic E-state index is 13.3. The number of hydrogen-bond acceptors (Lipinski definition) is 7. The Morgan fingerprint density at radius 2 is 1.97 bits per heavy atom. The number of piperidine rings is 1. The van der Waals surface area contributed by atoms with Crippen molar-refractivity contribution in [2.24, 2.45) is 7.05 Å². The summed E-state index contributed by atoms with van der Waals surface area (Å²) in [7, 11) is -2.12. The van der Waals surface area contributed by atoms with Crippen LogP contribution in [0.2, 0.25) is 0 Å². The smallest absolute Gasteiger partial charge is 0.290 e. The van der Waals surface area contributed by atoms with Crippen LogP contribution in [0.3, 0.4) is 0 Å². The molecule has 0 atom stereocenters. The Balaban J connectivity index is 0.000000821. The second kappa shape index (κ2) is 9.19. The Morgan fingerprint density at radius 3 is 2.64 bits per heavy atom. The zero-order valence-electron chi connectivity index (χ0n) is 18.0. The lowest BCUT2D eigenvalue weighted by Gasteiger charge is -2.31. The second-order valence-electron chi connectivity index (χ2n) is 7.99. The van der Waals surface area contributed by atoms with E-state index < -0.39 is 10.0 Å². The van der Waals surface area contributed by atoms with Gasteiger partial charge in [-0.1, -0.05) is 0 Å². The predicted octanol–water partition coefficient (Wildman–Crippen LogP) is 0.718. The highest BCUT2D eigenvalue weighted by Crippen LogP contribution is 2.27. The van der Waals surface area contributed by atoms with E-state index in [0.29, 0.717) is 28.8 Å². The van der Waals surface area contributed by atoms with E-state index in [4.69, 9.17) is 9.90 Å². The number of carbonyl (C=O) groups excluding carboxylic acids is 1. The summed E-state index contributed by atoms with van der Waals surface area (Å²) in [6.07, 6.45) is 4.81. The minimum absolute atomic E-state index is 0.0658. The molecule has 13 heteroatoms. The van der Waals surface area contributed by atoms with Crippen molar-refractivity contribution < 1.29 is 23.1 Å². The fraction of sp³-hybridized carbons (Fsp3) is 0.400. The Hall–Kier alpha value is -3.45. The number of rotatable bonds is 4. The minimum Gasteiger partial charge on any atom is -0.483 e. The van der Waals surface area contributed by atoms with Crippen LogP contribution < -0.4 is 4.72 Å². The highest BCUT2D eigenvalue weighted by molar-refractivity contribution is 7.92. The van der Waals surface area contributed by atoms with Gasteiger partial charge in [0.15, 0.2) is 10.7 Å². The number of aryl methyl sites for hydroxylation is 1. The van der Waals surface area contributed by atoms with Gasteiger partial charge in [-0.3, -0.25) is 19.4 Å². The summed E-state index contributed by atoms with van der Waals surface area (Å²) >= 11 is 0. The van der Waals surface area contributed by atoms with Crippen LogP contribution in [0.25, 0.3) is 10.9 Å². The fourth-order valence-corrected chi connectivity index (χ4v) is 5.30. The van der Waals surface area contributed by atoms with Gasteiger partial charge >= 0.3 is 0 Å². The number of nitrogens with zero attached hydrogens (tertiary/aromatic N) is 5. The molecule has 0 saturated carbocycles. The highest BCUT2D eigenvalue weighted by Gasteiger charge is 2.33. The number of H-pyrrole nitrogens is 1. The van der Waals surface area contributed by atoms with Gasteiger partial charge in [-0.2, -0.15) is 13.5 Å². The van der Waals surface area contributed by atoms with E-state index in [1.165, 1.54) is 12.5 Å². The number of aromatic amines is 1. The number of imidazole rings is 1. The number of nitrogens with one attached hydrogen (secondary N) is 2. The number of anilines is 1. The summed E-state index contributed by atoms with van der Waals surface area (Å²) in [5.41, 5.74) is 1.36. The Kier molecular flexibility index (Phi) is 6.33. The van der Waals surface area contributed by atoms with Crippen molar-refractivity contribution in [2.75, 3.05) is 30.9 Å². The molecule has 3 aliphatic heterocycles. The Morgan fingerprint density at radius 1 is 1.24 bits per heavy atom. The molecule has 0 spiro atoms. The molecule has 12 nitrogen and oxygen atoms in total. The second-order valence-corrected chi connectivity index (χ2v) is 9.62. The topological polar surface area (TPSA) is 154 Å². The lowest BCUT2D eigenvalue weighted by Crippen LogP contribution is -2.41. The summed E-state index contributed by atoms with van der Waals surface area (Å²) in [5.74, 6) is -0.111. The molecule has 6 rings (SSSR count). The molecule has 2 bridgehead atoms. The standard InChI is InChI=1S/C19H23N7O3S.CH2O2/c1-24-11-17(20-12-24)30(28,29)23-13-2-3-16-15(10-13)18(22-21-16)19(27)26-9-8-25-6-4-14(26)5-7-25;2-1-3/h2-3,10-12,14,23H,4-9H2,1H3,(H,21,22);1H,(H,2,3). The number of carboxylic acid groups (broad SMARTS) is 1. The summed E-state index contributed by atoms with van der Waals surface area (Å²) in [6, 6.07) is 5.23. The van der Waals surface area contributed by atoms with Crippen LogP contribution in [0, 0.1) is 0 Å². The third-order valence-electron chi connectivity index (χ3n) is 5.89. The average Bonchev–Trinajstić information content (AvgIpc) is 3.30. The molecule has 0 unspecified atom stereocenters. The molecular weight excluding hydrogens is 450 g/mol. The van der Waals surface area contributed by atoms with E-state index in [-0.39, 0.29) is 23.4 Å². The third kappa shape index (κ3) is 4.68. The molecule has 3 aliphatic rings. The van der Waals surface area contributed by atoms with E-state index in [0.717, 1.165) is 32.5 Å². The lowest BCUT2D eigenvalue weighted by atomic mass is 10.0. The first-order valence-electron chi connectivity index (χ1n) is 10.4. The van der Waals surface area contributed by atoms with Gasteiger partial charge in [0.1, 0.15) is 0 Å². The number of sulfonamides is 1. The zero-order chi connectivity index (χ0) is 23.6. The SMILES string of the molecule is Cn1cnc(S(=O)(=O)Nc2ccc3[nH]nc(C(=O)N4CCN5CCC4CC5)c3c2)c1.O=CO. The first kappa shape index (κ1) is 22.7. The van der Waals surface area contributed by atoms with Gasteiger partial charge in [-0.25, -0.2) is 4.98 Å². The normalized spacial score (nSPS) is 20.1. The summed E-state index contributed by atoms with van der Waals surface area (Å²) in [4.78, 5) is 29.9. The van der Waals surface area contributed by atoms with Gasteiger partial charge in [-0.05, 0) is 31.0 Å². The van der Waals surface area contributed by atoms with Crippen molar-refractivity contribution >= 4 is 39.0 Å². The van der Waals surface area contributed by atoms with Gasteiger partial charge in [0.25, 0.3) is 22.4 Å². The Bertz CT molecular complexity index is 1260. The number of carbonyl (C=O) groups is 2. The summed E-state index contributed by atoms with van der Waals surface area (Å²) in [6.45, 7) is 3.36. The van der Waals surface area contributed by atoms with Crippen molar-refractivity contribution in [1.29, 1.82) is 0 Å². The summed E-state index contributed by atoms with van der Waals surface area (Å²) in [5, 5.41) is 14.6. The molecule has 3 fully saturated rings. The number of benzene rings is 1. The van der Waals surface area contributed by atoms with E-state index in [1.54, 1.807) is 29.8 Å². The van der Waals surface area contributed by atoms with Gasteiger partial charge < -0.3 is 19.5 Å². The van der Waals surface area contributed by atoms with Crippen molar-refractivity contribution in [3.8, 4) is 0 Å². The first-order valence-corrected chi connectivity index (χ1v) is 11.9. The van der Waals surface area contributed by atoms with Crippen molar-refractivity contribution in [2.45, 2.75) is 23.9 Å². The maximum Gasteiger partial charge on any atom is 0.290 e. The van der Waals surface area contributed by atoms with E-state index in [1.807, 2.05) is 4.90 Å². The lowest BCUT2D eigenvalue weighted by molar-refractivity contribution is -0.122. The van der Waals surface area contributed by atoms with Gasteiger partial charge in [0.2, 0.25) is 0 Å². The van der Waals surface area contributed by atoms with Crippen molar-refractivity contribution in [3.05, 3.63) is 36.4 Å². The van der Waals surface area contributed by atoms with Crippen LogP contribution in [0.1, 0.15) is 23.3 Å². The molecule has 0 aliphatic carbocycles. The van der Waals surface area contributed by atoms with Gasteiger partial charge in [0, 0.05) is 56.5 Å². The molecular formula is C20H25N7O5S. The fourth-order valence-electron chi connectivity index (χ4n) is 4.27.